The maximum absolute atomic E-state index is 12.1. The van der Waals surface area contributed by atoms with Gasteiger partial charge in [-0.15, -0.1) is 24.0 Å². The summed E-state index contributed by atoms with van der Waals surface area (Å²) in [6.45, 7) is 10.3. The molecule has 8 heteroatoms. The molecule has 0 saturated carbocycles. The maximum Gasteiger partial charge on any atom is 0.222 e. The molecule has 0 atom stereocenters. The van der Waals surface area contributed by atoms with E-state index in [9.17, 15) is 4.79 Å². The second-order valence-electron chi connectivity index (χ2n) is 7.40. The minimum atomic E-state index is 0. The summed E-state index contributed by atoms with van der Waals surface area (Å²) in [6.07, 6.45) is 7.20. The van der Waals surface area contributed by atoms with Crippen LogP contribution in [0.15, 0.2) is 4.99 Å². The number of amides is 1. The molecule has 2 rings (SSSR count). The Kier molecular flexibility index (Phi) is 13.6. The van der Waals surface area contributed by atoms with Gasteiger partial charge in [-0.1, -0.05) is 13.3 Å². The summed E-state index contributed by atoms with van der Waals surface area (Å²) in [4.78, 5) is 19.0. The van der Waals surface area contributed by atoms with E-state index in [1.807, 2.05) is 16.7 Å². The van der Waals surface area contributed by atoms with E-state index in [2.05, 4.69) is 24.5 Å². The summed E-state index contributed by atoms with van der Waals surface area (Å²) in [5.74, 6) is 2.33. The van der Waals surface area contributed by atoms with Crippen molar-refractivity contribution in [3.8, 4) is 0 Å². The zero-order valence-electron chi connectivity index (χ0n) is 17.6. The monoisotopic (exact) mass is 526 g/mol. The minimum absolute atomic E-state index is 0. The zero-order chi connectivity index (χ0) is 19.4. The molecule has 1 amide bonds. The molecule has 0 aromatic rings. The van der Waals surface area contributed by atoms with Gasteiger partial charge in [0.25, 0.3) is 0 Å². The predicted octanol–water partition coefficient (Wildman–Crippen LogP) is 3.25. The van der Waals surface area contributed by atoms with Crippen LogP contribution < -0.4 is 10.6 Å². The fourth-order valence-electron chi connectivity index (χ4n) is 3.71. The summed E-state index contributed by atoms with van der Waals surface area (Å²) in [7, 11) is 0. The molecular formula is C20H39IN4O2S. The standard InChI is InChI=1S/C20H38N4O2S.HI/c1-3-21-19(23-17-20(27-4-2)10-15-26-16-11-20)22-12-8-14-24-13-7-5-6-9-18(24)25;/h3-17H2,1-2H3,(H2,21,22,23);1H. The van der Waals surface area contributed by atoms with Gasteiger partial charge in [-0.3, -0.25) is 9.79 Å². The number of nitrogens with one attached hydrogen (secondary N) is 2. The molecule has 0 aliphatic carbocycles. The second kappa shape index (κ2) is 14.7. The number of guanidine groups is 1. The highest BCUT2D eigenvalue weighted by Crippen LogP contribution is 2.35. The van der Waals surface area contributed by atoms with E-state index in [1.54, 1.807) is 0 Å². The van der Waals surface area contributed by atoms with E-state index in [1.165, 1.54) is 6.42 Å². The highest BCUT2D eigenvalue weighted by atomic mass is 127. The Hall–Kier alpha value is -0.220. The Morgan fingerprint density at radius 3 is 2.71 bits per heavy atom. The first-order chi connectivity index (χ1) is 13.2. The molecule has 0 unspecified atom stereocenters. The average Bonchev–Trinajstić information content (AvgIpc) is 2.88. The van der Waals surface area contributed by atoms with Crippen LogP contribution in [0.2, 0.25) is 0 Å². The van der Waals surface area contributed by atoms with Crippen molar-refractivity contribution in [2.75, 3.05) is 51.7 Å². The SMILES string of the molecule is CCNC(=NCC1(SCC)CCOCC1)NCCCN1CCCCCC1=O.I. The second-order valence-corrected chi connectivity index (χ2v) is 9.13. The molecule has 2 aliphatic heterocycles. The van der Waals surface area contributed by atoms with E-state index in [0.29, 0.717) is 5.91 Å². The van der Waals surface area contributed by atoms with Gasteiger partial charge in [-0.2, -0.15) is 11.8 Å². The topological polar surface area (TPSA) is 66.0 Å². The van der Waals surface area contributed by atoms with Crippen molar-refractivity contribution in [1.29, 1.82) is 0 Å². The van der Waals surface area contributed by atoms with E-state index >= 15 is 0 Å². The number of hydrogen-bond donors (Lipinski definition) is 2. The van der Waals surface area contributed by atoms with E-state index in [-0.39, 0.29) is 28.7 Å². The fourth-order valence-corrected chi connectivity index (χ4v) is 4.94. The summed E-state index contributed by atoms with van der Waals surface area (Å²) in [5.41, 5.74) is 0. The minimum Gasteiger partial charge on any atom is -0.381 e. The number of halogens is 1. The molecule has 0 spiro atoms. The molecule has 0 radical (unpaired) electrons. The third-order valence-corrected chi connectivity index (χ3v) is 6.73. The number of aliphatic imine (C=N–C) groups is 1. The fraction of sp³-hybridized carbons (Fsp3) is 0.900. The van der Waals surface area contributed by atoms with Gasteiger partial charge < -0.3 is 20.3 Å². The summed E-state index contributed by atoms with van der Waals surface area (Å²) >= 11 is 2.02. The molecule has 2 saturated heterocycles. The summed E-state index contributed by atoms with van der Waals surface area (Å²) in [6, 6.07) is 0. The van der Waals surface area contributed by atoms with Crippen LogP contribution in [0.4, 0.5) is 0 Å². The Bertz CT molecular complexity index is 468. The van der Waals surface area contributed by atoms with Gasteiger partial charge in [0.05, 0.1) is 6.54 Å². The largest absolute Gasteiger partial charge is 0.381 e. The van der Waals surface area contributed by atoms with Crippen LogP contribution in [-0.4, -0.2) is 73.2 Å². The summed E-state index contributed by atoms with van der Waals surface area (Å²) < 4.78 is 5.77. The van der Waals surface area contributed by atoms with E-state index < -0.39 is 0 Å². The number of nitrogens with zero attached hydrogens (tertiary/aromatic N) is 2. The lowest BCUT2D eigenvalue weighted by Gasteiger charge is -2.35. The lowest BCUT2D eigenvalue weighted by atomic mass is 9.99. The molecule has 2 aliphatic rings. The van der Waals surface area contributed by atoms with E-state index in [4.69, 9.17) is 9.73 Å². The van der Waals surface area contributed by atoms with E-state index in [0.717, 1.165) is 96.2 Å². The number of hydrogen-bond acceptors (Lipinski definition) is 4. The highest BCUT2D eigenvalue weighted by molar-refractivity contribution is 14.0. The number of carbonyl (C=O) groups excluding carboxylic acids is 1. The molecule has 2 fully saturated rings. The van der Waals surface area contributed by atoms with Crippen molar-refractivity contribution in [2.45, 2.75) is 63.5 Å². The normalized spacial score (nSPS) is 20.3. The Labute approximate surface area is 192 Å². The first-order valence-electron chi connectivity index (χ1n) is 10.7. The highest BCUT2D eigenvalue weighted by Gasteiger charge is 2.32. The quantitative estimate of drug-likeness (QED) is 0.209. The molecule has 2 N–H and O–H groups in total. The number of likely N-dealkylation sites (tertiary alicyclic amines) is 1. The molecule has 0 bridgehead atoms. The van der Waals surface area contributed by atoms with Gasteiger partial charge in [-0.05, 0) is 44.8 Å². The van der Waals surface area contributed by atoms with Crippen LogP contribution in [0.5, 0.6) is 0 Å². The van der Waals surface area contributed by atoms with Gasteiger partial charge in [0.15, 0.2) is 5.96 Å². The number of rotatable bonds is 9. The van der Waals surface area contributed by atoms with Crippen LogP contribution in [0.25, 0.3) is 0 Å². The first kappa shape index (κ1) is 25.8. The molecule has 164 valence electrons. The third-order valence-electron chi connectivity index (χ3n) is 5.29. The van der Waals surface area contributed by atoms with Crippen molar-refractivity contribution in [3.63, 3.8) is 0 Å². The number of ether oxygens (including phenoxy) is 1. The van der Waals surface area contributed by atoms with Crippen molar-refractivity contribution in [3.05, 3.63) is 0 Å². The van der Waals surface area contributed by atoms with Crippen molar-refractivity contribution in [1.82, 2.24) is 15.5 Å². The van der Waals surface area contributed by atoms with Gasteiger partial charge >= 0.3 is 0 Å². The zero-order valence-corrected chi connectivity index (χ0v) is 20.8. The predicted molar refractivity (Wildman–Crippen MR) is 130 cm³/mol. The Morgan fingerprint density at radius 1 is 1.21 bits per heavy atom. The van der Waals surface area contributed by atoms with Gasteiger partial charge in [0, 0.05) is 50.6 Å². The third kappa shape index (κ3) is 9.07. The molecule has 2 heterocycles. The average molecular weight is 527 g/mol. The Balaban J connectivity index is 0.00000392. The summed E-state index contributed by atoms with van der Waals surface area (Å²) in [5, 5.41) is 6.81. The van der Waals surface area contributed by atoms with Crippen LogP contribution in [0.1, 0.15) is 58.8 Å². The lowest BCUT2D eigenvalue weighted by Crippen LogP contribution is -2.42. The van der Waals surface area contributed by atoms with Crippen LogP contribution >= 0.6 is 35.7 Å². The van der Waals surface area contributed by atoms with Crippen LogP contribution in [0.3, 0.4) is 0 Å². The van der Waals surface area contributed by atoms with Gasteiger partial charge in [0.1, 0.15) is 0 Å². The van der Waals surface area contributed by atoms with Crippen molar-refractivity contribution in [2.24, 2.45) is 4.99 Å². The number of thioether (sulfide) groups is 1. The van der Waals surface area contributed by atoms with Crippen molar-refractivity contribution < 1.29 is 9.53 Å². The first-order valence-corrected chi connectivity index (χ1v) is 11.7. The molecule has 0 aromatic carbocycles. The van der Waals surface area contributed by atoms with Crippen molar-refractivity contribution >= 4 is 47.6 Å². The van der Waals surface area contributed by atoms with Gasteiger partial charge in [0.2, 0.25) is 5.91 Å². The number of carbonyl (C=O) groups is 1. The molecule has 28 heavy (non-hydrogen) atoms. The smallest absolute Gasteiger partial charge is 0.222 e. The maximum atomic E-state index is 12.1. The van der Waals surface area contributed by atoms with Gasteiger partial charge in [-0.25, -0.2) is 0 Å². The molecule has 0 aromatic heterocycles. The molecule has 6 nitrogen and oxygen atoms in total. The lowest BCUT2D eigenvalue weighted by molar-refractivity contribution is -0.130. The van der Waals surface area contributed by atoms with Crippen LogP contribution in [-0.2, 0) is 9.53 Å². The molecular weight excluding hydrogens is 487 g/mol. The van der Waals surface area contributed by atoms with Crippen LogP contribution in [0, 0.1) is 0 Å². The Morgan fingerprint density at radius 2 is 2.00 bits per heavy atom.